The van der Waals surface area contributed by atoms with Crippen LogP contribution in [0, 0.1) is 3.57 Å². The minimum Gasteiger partial charge on any atom is -0.408 e. The maximum Gasteiger partial charge on any atom is 0.420 e. The Bertz CT molecular complexity index is 771. The molecule has 3 rings (SSSR count). The van der Waals surface area contributed by atoms with Crippen molar-refractivity contribution in [1.29, 1.82) is 0 Å². The Balaban J connectivity index is 2.17. The van der Waals surface area contributed by atoms with Crippen LogP contribution in [0.3, 0.4) is 0 Å². The fraction of sp³-hybridized carbons (Fsp3) is 0.182. The molecule has 92 valence electrons. The minimum atomic E-state index is -0.380. The molecular formula is C11H9IN4O2. The summed E-state index contributed by atoms with van der Waals surface area (Å²) in [5.74, 6) is 0.327. The zero-order valence-electron chi connectivity index (χ0n) is 9.50. The second-order valence-corrected chi connectivity index (χ2v) is 5.11. The summed E-state index contributed by atoms with van der Waals surface area (Å²) < 4.78 is 9.43. The molecule has 7 heteroatoms. The largest absolute Gasteiger partial charge is 0.420 e. The third-order valence-electron chi connectivity index (χ3n) is 2.73. The lowest BCUT2D eigenvalue weighted by molar-refractivity contribution is 0.509. The van der Waals surface area contributed by atoms with E-state index in [1.165, 1.54) is 6.33 Å². The van der Waals surface area contributed by atoms with E-state index >= 15 is 0 Å². The number of hydrogen-bond donors (Lipinski definition) is 0. The number of nitrogens with zero attached hydrogens (tertiary/aromatic N) is 4. The van der Waals surface area contributed by atoms with Gasteiger partial charge < -0.3 is 4.42 Å². The van der Waals surface area contributed by atoms with Gasteiger partial charge in [0.05, 0.1) is 12.1 Å². The van der Waals surface area contributed by atoms with Crippen LogP contribution in [0.5, 0.6) is 0 Å². The molecule has 1 aromatic carbocycles. The van der Waals surface area contributed by atoms with E-state index in [-0.39, 0.29) is 5.76 Å². The lowest BCUT2D eigenvalue weighted by atomic mass is 10.3. The van der Waals surface area contributed by atoms with E-state index in [1.54, 1.807) is 22.4 Å². The van der Waals surface area contributed by atoms with Gasteiger partial charge in [-0.3, -0.25) is 9.25 Å². The third kappa shape index (κ3) is 1.84. The average molecular weight is 356 g/mol. The molecule has 0 amide bonds. The summed E-state index contributed by atoms with van der Waals surface area (Å²) in [5, 5.41) is 3.98. The monoisotopic (exact) mass is 356 g/mol. The van der Waals surface area contributed by atoms with Gasteiger partial charge in [-0.1, -0.05) is 0 Å². The molecule has 0 fully saturated rings. The summed E-state index contributed by atoms with van der Waals surface area (Å²) >= 11 is 2.20. The molecule has 0 aliphatic carbocycles. The maximum absolute atomic E-state index is 11.8. The van der Waals surface area contributed by atoms with Gasteiger partial charge in [-0.15, -0.1) is 0 Å². The third-order valence-corrected chi connectivity index (χ3v) is 3.41. The van der Waals surface area contributed by atoms with E-state index < -0.39 is 0 Å². The number of fused-ring (bicyclic) bond motifs is 1. The summed E-state index contributed by atoms with van der Waals surface area (Å²) in [6.07, 6.45) is 1.46. The number of benzene rings is 1. The Morgan fingerprint density at radius 3 is 3.00 bits per heavy atom. The molecule has 0 spiro atoms. The molecule has 0 bridgehead atoms. The highest BCUT2D eigenvalue weighted by Gasteiger charge is 2.12. The number of halogens is 1. The minimum absolute atomic E-state index is 0.350. The van der Waals surface area contributed by atoms with Crippen LogP contribution in [0.4, 0.5) is 0 Å². The van der Waals surface area contributed by atoms with Gasteiger partial charge >= 0.3 is 5.76 Å². The number of aryl methyl sites for hydroxylation is 1. The number of oxazole rings is 1. The van der Waals surface area contributed by atoms with Crippen molar-refractivity contribution in [2.24, 2.45) is 7.05 Å². The fourth-order valence-electron chi connectivity index (χ4n) is 1.79. The standard InChI is InChI=1S/C11H9IN4O2/c1-15-10(13-6-14-15)5-16-8-4-7(12)2-3-9(8)18-11(16)17/h2-4,6H,5H2,1H3. The quantitative estimate of drug-likeness (QED) is 0.651. The fourth-order valence-corrected chi connectivity index (χ4v) is 2.26. The van der Waals surface area contributed by atoms with Crippen LogP contribution in [0.25, 0.3) is 11.1 Å². The molecule has 0 N–H and O–H groups in total. The van der Waals surface area contributed by atoms with Gasteiger partial charge in [-0.05, 0) is 40.8 Å². The number of hydrogen-bond acceptors (Lipinski definition) is 4. The van der Waals surface area contributed by atoms with E-state index in [0.29, 0.717) is 18.0 Å². The van der Waals surface area contributed by atoms with Gasteiger partial charge in [0.15, 0.2) is 5.58 Å². The Morgan fingerprint density at radius 1 is 1.44 bits per heavy atom. The first kappa shape index (κ1) is 11.5. The second kappa shape index (κ2) is 4.23. The Hall–Kier alpha value is -1.64. The molecule has 0 radical (unpaired) electrons. The van der Waals surface area contributed by atoms with Gasteiger partial charge in [-0.25, -0.2) is 9.78 Å². The lowest BCUT2D eigenvalue weighted by Gasteiger charge is -2.01. The Kier molecular flexibility index (Phi) is 2.69. The maximum atomic E-state index is 11.8. The molecule has 0 aliphatic rings. The Labute approximate surface area is 115 Å². The van der Waals surface area contributed by atoms with Crippen molar-refractivity contribution in [3.63, 3.8) is 0 Å². The van der Waals surface area contributed by atoms with Gasteiger partial charge in [0.25, 0.3) is 0 Å². The van der Waals surface area contributed by atoms with Crippen molar-refractivity contribution in [3.8, 4) is 0 Å². The first-order valence-electron chi connectivity index (χ1n) is 5.27. The number of aromatic nitrogens is 4. The van der Waals surface area contributed by atoms with Crippen LogP contribution in [-0.4, -0.2) is 19.3 Å². The first-order valence-corrected chi connectivity index (χ1v) is 6.35. The highest BCUT2D eigenvalue weighted by Crippen LogP contribution is 2.17. The molecule has 0 aliphatic heterocycles. The van der Waals surface area contributed by atoms with Crippen LogP contribution in [-0.2, 0) is 13.6 Å². The predicted octanol–water partition coefficient (Wildman–Crippen LogP) is 1.38. The summed E-state index contributed by atoms with van der Waals surface area (Å²) in [6, 6.07) is 5.61. The van der Waals surface area contributed by atoms with Crippen molar-refractivity contribution >= 4 is 33.7 Å². The Morgan fingerprint density at radius 2 is 2.28 bits per heavy atom. The molecule has 0 atom stereocenters. The summed E-state index contributed by atoms with van der Waals surface area (Å²) in [7, 11) is 1.79. The second-order valence-electron chi connectivity index (χ2n) is 3.87. The van der Waals surface area contributed by atoms with E-state index in [4.69, 9.17) is 4.42 Å². The number of rotatable bonds is 2. The van der Waals surface area contributed by atoms with Crippen molar-refractivity contribution in [1.82, 2.24) is 19.3 Å². The van der Waals surface area contributed by atoms with Crippen molar-refractivity contribution in [2.75, 3.05) is 0 Å². The topological polar surface area (TPSA) is 65.8 Å². The van der Waals surface area contributed by atoms with E-state index in [0.717, 1.165) is 9.09 Å². The first-order chi connectivity index (χ1) is 8.65. The molecule has 3 aromatic rings. The molecule has 2 heterocycles. The highest BCUT2D eigenvalue weighted by atomic mass is 127. The van der Waals surface area contributed by atoms with Crippen molar-refractivity contribution in [3.05, 3.63) is 44.5 Å². The van der Waals surface area contributed by atoms with Crippen LogP contribution in [0.2, 0.25) is 0 Å². The van der Waals surface area contributed by atoms with E-state index in [2.05, 4.69) is 32.7 Å². The average Bonchev–Trinajstić information content (AvgIpc) is 2.86. The molecule has 0 saturated heterocycles. The van der Waals surface area contributed by atoms with Gasteiger partial charge in [0.1, 0.15) is 12.2 Å². The predicted molar refractivity (Wildman–Crippen MR) is 73.3 cm³/mol. The summed E-state index contributed by atoms with van der Waals surface area (Å²) in [6.45, 7) is 0.350. The highest BCUT2D eigenvalue weighted by molar-refractivity contribution is 14.1. The van der Waals surface area contributed by atoms with Crippen molar-refractivity contribution < 1.29 is 4.42 Å². The lowest BCUT2D eigenvalue weighted by Crippen LogP contribution is -2.17. The molecular weight excluding hydrogens is 347 g/mol. The van der Waals surface area contributed by atoms with Crippen LogP contribution in [0.15, 0.2) is 33.7 Å². The van der Waals surface area contributed by atoms with E-state index in [9.17, 15) is 4.79 Å². The summed E-state index contributed by atoms with van der Waals surface area (Å²) in [5.41, 5.74) is 1.36. The van der Waals surface area contributed by atoms with Gasteiger partial charge in [-0.2, -0.15) is 5.10 Å². The molecule has 18 heavy (non-hydrogen) atoms. The normalized spacial score (nSPS) is 11.2. The molecule has 0 unspecified atom stereocenters. The summed E-state index contributed by atoms with van der Waals surface area (Å²) in [4.78, 5) is 15.9. The molecule has 2 aromatic heterocycles. The van der Waals surface area contributed by atoms with E-state index in [1.807, 2.05) is 12.1 Å². The smallest absolute Gasteiger partial charge is 0.408 e. The molecule has 0 saturated carbocycles. The SMILES string of the molecule is Cn1ncnc1Cn1c(=O)oc2ccc(I)cc21. The van der Waals surface area contributed by atoms with Crippen LogP contribution >= 0.6 is 22.6 Å². The van der Waals surface area contributed by atoms with Crippen LogP contribution in [0.1, 0.15) is 5.82 Å². The van der Waals surface area contributed by atoms with Gasteiger partial charge in [0.2, 0.25) is 0 Å². The van der Waals surface area contributed by atoms with Crippen molar-refractivity contribution in [2.45, 2.75) is 6.54 Å². The van der Waals surface area contributed by atoms with Crippen LogP contribution < -0.4 is 5.76 Å². The van der Waals surface area contributed by atoms with Gasteiger partial charge in [0, 0.05) is 10.6 Å². The zero-order chi connectivity index (χ0) is 12.7. The zero-order valence-corrected chi connectivity index (χ0v) is 11.7. The molecule has 6 nitrogen and oxygen atoms in total.